The average molecular weight is 219 g/mol. The van der Waals surface area contributed by atoms with Crippen LogP contribution in [0.25, 0.3) is 0 Å². The number of likely N-dealkylation sites (tertiary alicyclic amines) is 1. The van der Waals surface area contributed by atoms with E-state index >= 15 is 0 Å². The number of benzene rings is 1. The average Bonchev–Trinajstić information content (AvgIpc) is 2.61. The van der Waals surface area contributed by atoms with Crippen molar-refractivity contribution >= 4 is 5.97 Å². The zero-order chi connectivity index (χ0) is 11.5. The minimum absolute atomic E-state index is 0.205. The molecule has 1 heterocycles. The molecular weight excluding hydrogens is 202 g/mol. The Morgan fingerprint density at radius 1 is 1.38 bits per heavy atom. The second-order valence-corrected chi connectivity index (χ2v) is 4.60. The zero-order valence-corrected chi connectivity index (χ0v) is 9.47. The molecule has 1 fully saturated rings. The van der Waals surface area contributed by atoms with Gasteiger partial charge in [0.2, 0.25) is 0 Å². The van der Waals surface area contributed by atoms with Crippen molar-refractivity contribution in [2.75, 3.05) is 13.1 Å². The van der Waals surface area contributed by atoms with Gasteiger partial charge in [0.05, 0.1) is 5.92 Å². The Balaban J connectivity index is 1.96. The van der Waals surface area contributed by atoms with E-state index in [0.29, 0.717) is 6.54 Å². The number of carboxylic acid groups (broad SMARTS) is 1. The van der Waals surface area contributed by atoms with Crippen LogP contribution in [0.2, 0.25) is 0 Å². The molecule has 0 bridgehead atoms. The van der Waals surface area contributed by atoms with E-state index < -0.39 is 5.97 Å². The predicted octanol–water partition coefficient (Wildman–Crippen LogP) is 1.84. The summed E-state index contributed by atoms with van der Waals surface area (Å²) in [6, 6.07) is 10.2. The van der Waals surface area contributed by atoms with Crippen molar-refractivity contribution in [3.8, 4) is 0 Å². The number of carbonyl (C=O) groups is 1. The maximum atomic E-state index is 11.0. The molecule has 0 saturated carbocycles. The Bertz CT molecular complexity index is 363. The standard InChI is InChI=1S/C13H17NO2/c1-10-7-14(9-12(10)13(15)16)8-11-5-3-2-4-6-11/h2-6,10,12H,7-9H2,1H3,(H,15,16)/t10?,12-/m1/s1. The number of hydrogen-bond donors (Lipinski definition) is 1. The molecule has 3 nitrogen and oxygen atoms in total. The maximum Gasteiger partial charge on any atom is 0.308 e. The first-order valence-electron chi connectivity index (χ1n) is 5.66. The SMILES string of the molecule is CC1CN(Cc2ccccc2)C[C@H]1C(=O)O. The molecule has 1 unspecified atom stereocenters. The third kappa shape index (κ3) is 2.42. The molecular formula is C13H17NO2. The normalized spacial score (nSPS) is 25.8. The lowest BCUT2D eigenvalue weighted by Gasteiger charge is -2.14. The Hall–Kier alpha value is -1.35. The molecule has 2 atom stereocenters. The third-order valence-corrected chi connectivity index (χ3v) is 3.25. The van der Waals surface area contributed by atoms with Crippen LogP contribution in [-0.4, -0.2) is 29.1 Å². The van der Waals surface area contributed by atoms with Crippen molar-refractivity contribution < 1.29 is 9.90 Å². The van der Waals surface area contributed by atoms with Gasteiger partial charge in [-0.1, -0.05) is 37.3 Å². The molecule has 1 aliphatic rings. The third-order valence-electron chi connectivity index (χ3n) is 3.25. The lowest BCUT2D eigenvalue weighted by molar-refractivity contribution is -0.142. The van der Waals surface area contributed by atoms with Gasteiger partial charge in [-0.25, -0.2) is 0 Å². The van der Waals surface area contributed by atoms with Gasteiger partial charge in [0.1, 0.15) is 0 Å². The van der Waals surface area contributed by atoms with E-state index in [2.05, 4.69) is 17.0 Å². The molecule has 0 aromatic heterocycles. The predicted molar refractivity (Wildman–Crippen MR) is 62.0 cm³/mol. The summed E-state index contributed by atoms with van der Waals surface area (Å²) >= 11 is 0. The fraction of sp³-hybridized carbons (Fsp3) is 0.462. The highest BCUT2D eigenvalue weighted by Gasteiger charge is 2.34. The molecule has 0 amide bonds. The highest BCUT2D eigenvalue weighted by molar-refractivity contribution is 5.71. The highest BCUT2D eigenvalue weighted by atomic mass is 16.4. The van der Waals surface area contributed by atoms with Gasteiger partial charge in [-0.05, 0) is 11.5 Å². The number of rotatable bonds is 3. The first-order valence-corrected chi connectivity index (χ1v) is 5.66. The van der Waals surface area contributed by atoms with E-state index in [1.807, 2.05) is 25.1 Å². The summed E-state index contributed by atoms with van der Waals surface area (Å²) in [6.07, 6.45) is 0. The van der Waals surface area contributed by atoms with Crippen LogP contribution in [0.4, 0.5) is 0 Å². The van der Waals surface area contributed by atoms with Crippen LogP contribution < -0.4 is 0 Å². The van der Waals surface area contributed by atoms with Crippen LogP contribution in [0.5, 0.6) is 0 Å². The number of aliphatic carboxylic acids is 1. The molecule has 1 N–H and O–H groups in total. The van der Waals surface area contributed by atoms with Crippen molar-refractivity contribution in [1.29, 1.82) is 0 Å². The quantitative estimate of drug-likeness (QED) is 0.843. The summed E-state index contributed by atoms with van der Waals surface area (Å²) < 4.78 is 0. The van der Waals surface area contributed by atoms with E-state index in [-0.39, 0.29) is 11.8 Å². The molecule has 1 saturated heterocycles. The van der Waals surface area contributed by atoms with Gasteiger partial charge >= 0.3 is 5.97 Å². The second-order valence-electron chi connectivity index (χ2n) is 4.60. The minimum Gasteiger partial charge on any atom is -0.481 e. The van der Waals surface area contributed by atoms with Crippen LogP contribution in [0.15, 0.2) is 30.3 Å². The van der Waals surface area contributed by atoms with Gasteiger partial charge in [0.25, 0.3) is 0 Å². The van der Waals surface area contributed by atoms with E-state index in [1.165, 1.54) is 5.56 Å². The molecule has 0 aliphatic carbocycles. The van der Waals surface area contributed by atoms with Gasteiger partial charge < -0.3 is 5.11 Å². The van der Waals surface area contributed by atoms with Crippen molar-refractivity contribution in [3.05, 3.63) is 35.9 Å². The van der Waals surface area contributed by atoms with Crippen molar-refractivity contribution in [1.82, 2.24) is 4.90 Å². The molecule has 1 aromatic rings. The smallest absolute Gasteiger partial charge is 0.308 e. The second kappa shape index (κ2) is 4.66. The first-order chi connectivity index (χ1) is 7.66. The van der Waals surface area contributed by atoms with Crippen LogP contribution in [0.3, 0.4) is 0 Å². The summed E-state index contributed by atoms with van der Waals surface area (Å²) in [7, 11) is 0. The number of carboxylic acids is 1. The van der Waals surface area contributed by atoms with Crippen molar-refractivity contribution in [2.45, 2.75) is 13.5 Å². The van der Waals surface area contributed by atoms with E-state index in [4.69, 9.17) is 5.11 Å². The minimum atomic E-state index is -0.664. The van der Waals surface area contributed by atoms with Gasteiger partial charge in [-0.3, -0.25) is 9.69 Å². The summed E-state index contributed by atoms with van der Waals surface area (Å²) in [5.74, 6) is -0.618. The largest absolute Gasteiger partial charge is 0.481 e. The lowest BCUT2D eigenvalue weighted by atomic mass is 9.99. The topological polar surface area (TPSA) is 40.5 Å². The molecule has 2 rings (SSSR count). The van der Waals surface area contributed by atoms with Crippen molar-refractivity contribution in [2.24, 2.45) is 11.8 Å². The molecule has 3 heteroatoms. The van der Waals surface area contributed by atoms with Crippen LogP contribution in [-0.2, 0) is 11.3 Å². The van der Waals surface area contributed by atoms with E-state index in [9.17, 15) is 4.79 Å². The lowest BCUT2D eigenvalue weighted by Crippen LogP contribution is -2.23. The molecule has 1 aliphatic heterocycles. The molecule has 16 heavy (non-hydrogen) atoms. The Morgan fingerprint density at radius 2 is 2.06 bits per heavy atom. The first kappa shape index (κ1) is 11.1. The molecule has 0 radical (unpaired) electrons. The van der Waals surface area contributed by atoms with Gasteiger partial charge in [0, 0.05) is 19.6 Å². The van der Waals surface area contributed by atoms with Crippen LogP contribution in [0.1, 0.15) is 12.5 Å². The zero-order valence-electron chi connectivity index (χ0n) is 9.47. The van der Waals surface area contributed by atoms with Gasteiger partial charge in [-0.15, -0.1) is 0 Å². The summed E-state index contributed by atoms with van der Waals surface area (Å²) in [5.41, 5.74) is 1.25. The monoisotopic (exact) mass is 219 g/mol. The van der Waals surface area contributed by atoms with Crippen LogP contribution in [0, 0.1) is 11.8 Å². The summed E-state index contributed by atoms with van der Waals surface area (Å²) in [5, 5.41) is 9.04. The molecule has 86 valence electrons. The van der Waals surface area contributed by atoms with Gasteiger partial charge in [-0.2, -0.15) is 0 Å². The Kier molecular flexibility index (Phi) is 3.25. The summed E-state index contributed by atoms with van der Waals surface area (Å²) in [6.45, 7) is 4.43. The molecule has 0 spiro atoms. The fourth-order valence-corrected chi connectivity index (χ4v) is 2.36. The maximum absolute atomic E-state index is 11.0. The van der Waals surface area contributed by atoms with Crippen molar-refractivity contribution in [3.63, 3.8) is 0 Å². The fourth-order valence-electron chi connectivity index (χ4n) is 2.36. The Labute approximate surface area is 95.7 Å². The van der Waals surface area contributed by atoms with E-state index in [0.717, 1.165) is 13.1 Å². The Morgan fingerprint density at radius 3 is 2.62 bits per heavy atom. The number of hydrogen-bond acceptors (Lipinski definition) is 2. The molecule has 1 aromatic carbocycles. The number of nitrogens with zero attached hydrogens (tertiary/aromatic N) is 1. The summed E-state index contributed by atoms with van der Waals surface area (Å²) in [4.78, 5) is 13.2. The van der Waals surface area contributed by atoms with E-state index in [1.54, 1.807) is 0 Å². The van der Waals surface area contributed by atoms with Gasteiger partial charge in [0.15, 0.2) is 0 Å². The highest BCUT2D eigenvalue weighted by Crippen LogP contribution is 2.24. The van der Waals surface area contributed by atoms with Crippen LogP contribution >= 0.6 is 0 Å².